The van der Waals surface area contributed by atoms with Crippen LogP contribution < -0.4 is 5.32 Å². The van der Waals surface area contributed by atoms with Crippen LogP contribution in [0.2, 0.25) is 0 Å². The van der Waals surface area contributed by atoms with Crippen LogP contribution >= 0.6 is 0 Å². The van der Waals surface area contributed by atoms with Gasteiger partial charge in [-0.2, -0.15) is 0 Å². The van der Waals surface area contributed by atoms with Crippen LogP contribution in [0, 0.1) is 6.92 Å². The Kier molecular flexibility index (Phi) is 6.64. The van der Waals surface area contributed by atoms with Crippen LogP contribution in [0.3, 0.4) is 0 Å². The minimum Gasteiger partial charge on any atom is -0.385 e. The zero-order valence-corrected chi connectivity index (χ0v) is 15.7. The fourth-order valence-electron chi connectivity index (χ4n) is 3.85. The van der Waals surface area contributed by atoms with Gasteiger partial charge in [-0.3, -0.25) is 9.69 Å². The van der Waals surface area contributed by atoms with Crippen molar-refractivity contribution in [3.63, 3.8) is 0 Å². The summed E-state index contributed by atoms with van der Waals surface area (Å²) in [4.78, 5) is 16.7. The molecule has 2 fully saturated rings. The van der Waals surface area contributed by atoms with E-state index in [1.165, 1.54) is 18.4 Å². The van der Waals surface area contributed by atoms with Crippen molar-refractivity contribution in [2.75, 3.05) is 52.5 Å². The van der Waals surface area contributed by atoms with Crippen LogP contribution in [0.15, 0.2) is 24.3 Å². The van der Waals surface area contributed by atoms with Gasteiger partial charge in [-0.05, 0) is 44.0 Å². The first-order valence-corrected chi connectivity index (χ1v) is 9.60. The maximum absolute atomic E-state index is 12.4. The summed E-state index contributed by atoms with van der Waals surface area (Å²) in [6.45, 7) is 7.60. The molecule has 2 saturated heterocycles. The van der Waals surface area contributed by atoms with Crippen molar-refractivity contribution in [2.45, 2.75) is 31.9 Å². The summed E-state index contributed by atoms with van der Waals surface area (Å²) >= 11 is 0. The van der Waals surface area contributed by atoms with Gasteiger partial charge in [0.15, 0.2) is 0 Å². The van der Waals surface area contributed by atoms with E-state index in [1.807, 2.05) is 36.1 Å². The average Bonchev–Trinajstić information content (AvgIpc) is 3.03. The van der Waals surface area contributed by atoms with E-state index in [4.69, 9.17) is 4.74 Å². The van der Waals surface area contributed by atoms with E-state index in [0.29, 0.717) is 39.4 Å². The lowest BCUT2D eigenvalue weighted by atomic mass is 10.0. The molecule has 0 bridgehead atoms. The normalized spacial score (nSPS) is 25.2. The lowest BCUT2D eigenvalue weighted by molar-refractivity contribution is -0.123. The Hall–Kier alpha value is -1.47. The molecule has 0 radical (unpaired) electrons. The molecule has 3 rings (SSSR count). The Bertz CT molecular complexity index is 604. The molecule has 1 aromatic rings. The number of benzene rings is 1. The number of carbonyl (C=O) groups is 1. The minimum absolute atomic E-state index is 0.0151. The van der Waals surface area contributed by atoms with E-state index in [2.05, 4.69) is 10.2 Å². The SMILES string of the molecule is Cc1ccccc1CNC(=O)CN1CCOCC(O)(CN2CCCC2)C1. The van der Waals surface area contributed by atoms with Gasteiger partial charge in [0.05, 0.1) is 19.8 Å². The second kappa shape index (κ2) is 8.95. The molecule has 0 saturated carbocycles. The van der Waals surface area contributed by atoms with Crippen LogP contribution in [0.1, 0.15) is 24.0 Å². The molecule has 0 spiro atoms. The van der Waals surface area contributed by atoms with Crippen molar-refractivity contribution < 1.29 is 14.6 Å². The maximum Gasteiger partial charge on any atom is 0.234 e. The molecule has 6 heteroatoms. The van der Waals surface area contributed by atoms with Gasteiger partial charge in [-0.25, -0.2) is 0 Å². The summed E-state index contributed by atoms with van der Waals surface area (Å²) < 4.78 is 5.63. The summed E-state index contributed by atoms with van der Waals surface area (Å²) in [5, 5.41) is 14.0. The molecule has 1 aromatic carbocycles. The number of amides is 1. The first-order valence-electron chi connectivity index (χ1n) is 9.60. The number of rotatable bonds is 6. The lowest BCUT2D eigenvalue weighted by Gasteiger charge is -2.33. The Labute approximate surface area is 156 Å². The van der Waals surface area contributed by atoms with Crippen molar-refractivity contribution in [1.29, 1.82) is 0 Å². The second-order valence-electron chi connectivity index (χ2n) is 7.67. The standard InChI is InChI=1S/C20H31N3O3/c1-17-6-2-3-7-18(17)12-21-19(24)13-23-10-11-26-16-20(25,15-23)14-22-8-4-5-9-22/h2-3,6-7,25H,4-5,8-16H2,1H3,(H,21,24). The predicted molar refractivity (Wildman–Crippen MR) is 101 cm³/mol. The summed E-state index contributed by atoms with van der Waals surface area (Å²) in [6.07, 6.45) is 2.39. The molecule has 1 amide bonds. The smallest absolute Gasteiger partial charge is 0.234 e. The highest BCUT2D eigenvalue weighted by Crippen LogP contribution is 2.17. The monoisotopic (exact) mass is 361 g/mol. The number of aryl methyl sites for hydroxylation is 1. The van der Waals surface area contributed by atoms with E-state index in [0.717, 1.165) is 18.7 Å². The van der Waals surface area contributed by atoms with Crippen molar-refractivity contribution >= 4 is 5.91 Å². The quantitative estimate of drug-likeness (QED) is 0.784. The molecule has 2 heterocycles. The fraction of sp³-hybridized carbons (Fsp3) is 0.650. The van der Waals surface area contributed by atoms with Gasteiger partial charge in [0.1, 0.15) is 5.60 Å². The first-order chi connectivity index (χ1) is 12.5. The Morgan fingerprint density at radius 2 is 2.00 bits per heavy atom. The van der Waals surface area contributed by atoms with Gasteiger partial charge in [-0.1, -0.05) is 24.3 Å². The zero-order chi connectivity index (χ0) is 18.4. The maximum atomic E-state index is 12.4. The fourth-order valence-corrected chi connectivity index (χ4v) is 3.85. The van der Waals surface area contributed by atoms with Crippen LogP contribution in [0.25, 0.3) is 0 Å². The van der Waals surface area contributed by atoms with Gasteiger partial charge in [-0.15, -0.1) is 0 Å². The van der Waals surface area contributed by atoms with Crippen molar-refractivity contribution in [2.24, 2.45) is 0 Å². The number of aliphatic hydroxyl groups is 1. The number of likely N-dealkylation sites (tertiary alicyclic amines) is 1. The predicted octanol–water partition coefficient (Wildman–Crippen LogP) is 0.770. The third-order valence-electron chi connectivity index (χ3n) is 5.26. The highest BCUT2D eigenvalue weighted by molar-refractivity contribution is 5.78. The lowest BCUT2D eigenvalue weighted by Crippen LogP contribution is -2.53. The summed E-state index contributed by atoms with van der Waals surface area (Å²) in [6, 6.07) is 8.06. The van der Waals surface area contributed by atoms with Crippen molar-refractivity contribution in [3.8, 4) is 0 Å². The Balaban J connectivity index is 1.50. The molecule has 144 valence electrons. The average molecular weight is 361 g/mol. The van der Waals surface area contributed by atoms with E-state index in [-0.39, 0.29) is 12.5 Å². The number of hydrogen-bond acceptors (Lipinski definition) is 5. The highest BCUT2D eigenvalue weighted by Gasteiger charge is 2.35. The van der Waals surface area contributed by atoms with Gasteiger partial charge >= 0.3 is 0 Å². The summed E-state index contributed by atoms with van der Waals surface area (Å²) in [5.74, 6) is -0.0151. The van der Waals surface area contributed by atoms with E-state index < -0.39 is 5.60 Å². The molecule has 2 N–H and O–H groups in total. The van der Waals surface area contributed by atoms with Gasteiger partial charge in [0.25, 0.3) is 0 Å². The molecular weight excluding hydrogens is 330 g/mol. The molecule has 1 unspecified atom stereocenters. The number of hydrogen-bond donors (Lipinski definition) is 2. The third kappa shape index (κ3) is 5.51. The zero-order valence-electron chi connectivity index (χ0n) is 15.7. The highest BCUT2D eigenvalue weighted by atomic mass is 16.5. The molecule has 6 nitrogen and oxygen atoms in total. The van der Waals surface area contributed by atoms with Gasteiger partial charge in [0.2, 0.25) is 5.91 Å². The summed E-state index contributed by atoms with van der Waals surface area (Å²) in [5.41, 5.74) is 1.40. The molecule has 0 aliphatic carbocycles. The first kappa shape index (κ1) is 19.3. The number of β-amino-alcohol motifs (C(OH)–C–C–N with tert-alkyl or cyclic N) is 1. The van der Waals surface area contributed by atoms with Crippen molar-refractivity contribution in [1.82, 2.24) is 15.1 Å². The number of nitrogens with one attached hydrogen (secondary N) is 1. The second-order valence-corrected chi connectivity index (χ2v) is 7.67. The number of ether oxygens (including phenoxy) is 1. The Morgan fingerprint density at radius 1 is 1.23 bits per heavy atom. The molecule has 2 aliphatic heterocycles. The van der Waals surface area contributed by atoms with Gasteiger partial charge in [0, 0.05) is 26.2 Å². The molecular formula is C20H31N3O3. The topological polar surface area (TPSA) is 65.0 Å². The van der Waals surface area contributed by atoms with Crippen LogP contribution in [-0.4, -0.2) is 78.9 Å². The minimum atomic E-state index is -0.906. The summed E-state index contributed by atoms with van der Waals surface area (Å²) in [7, 11) is 0. The van der Waals surface area contributed by atoms with Crippen LogP contribution in [0.5, 0.6) is 0 Å². The van der Waals surface area contributed by atoms with Crippen molar-refractivity contribution in [3.05, 3.63) is 35.4 Å². The van der Waals surface area contributed by atoms with Gasteiger partial charge < -0.3 is 20.1 Å². The molecule has 0 aromatic heterocycles. The largest absolute Gasteiger partial charge is 0.385 e. The number of carbonyl (C=O) groups excluding carboxylic acids is 1. The van der Waals surface area contributed by atoms with E-state index in [1.54, 1.807) is 0 Å². The van der Waals surface area contributed by atoms with Crippen LogP contribution in [0.4, 0.5) is 0 Å². The third-order valence-corrected chi connectivity index (χ3v) is 5.26. The number of nitrogens with zero attached hydrogens (tertiary/aromatic N) is 2. The van der Waals surface area contributed by atoms with E-state index in [9.17, 15) is 9.90 Å². The molecule has 2 aliphatic rings. The molecule has 1 atom stereocenters. The van der Waals surface area contributed by atoms with Crippen LogP contribution in [-0.2, 0) is 16.1 Å². The molecule has 26 heavy (non-hydrogen) atoms. The Morgan fingerprint density at radius 3 is 2.77 bits per heavy atom. The van der Waals surface area contributed by atoms with E-state index >= 15 is 0 Å².